The van der Waals surface area contributed by atoms with Gasteiger partial charge in [-0.25, -0.2) is 4.79 Å². The summed E-state index contributed by atoms with van der Waals surface area (Å²) in [5, 5.41) is 5.34. The normalized spacial score (nSPS) is 12.9. The Morgan fingerprint density at radius 2 is 1.69 bits per heavy atom. The predicted molar refractivity (Wildman–Crippen MR) is 94.7 cm³/mol. The third-order valence-corrected chi connectivity index (χ3v) is 3.43. The van der Waals surface area contributed by atoms with Crippen molar-refractivity contribution in [3.05, 3.63) is 35.9 Å². The highest BCUT2D eigenvalue weighted by Gasteiger charge is 2.31. The average Bonchev–Trinajstić information content (AvgIpc) is 2.58. The number of carbonyl (C=O) groups excluding carboxylic acids is 4. The van der Waals surface area contributed by atoms with Gasteiger partial charge in [0.2, 0.25) is 11.8 Å². The predicted octanol–water partition coefficient (Wildman–Crippen LogP) is 0.0456. The average molecular weight is 363 g/mol. The van der Waals surface area contributed by atoms with Gasteiger partial charge in [-0.2, -0.15) is 0 Å². The topological polar surface area (TPSA) is 128 Å². The second kappa shape index (κ2) is 10.3. The molecule has 0 unspecified atom stereocenters. The van der Waals surface area contributed by atoms with E-state index < -0.39 is 42.1 Å². The Morgan fingerprint density at radius 1 is 1.08 bits per heavy atom. The van der Waals surface area contributed by atoms with Crippen molar-refractivity contribution in [3.8, 4) is 0 Å². The molecule has 4 N–H and O–H groups in total. The molecule has 0 radical (unpaired) electrons. The van der Waals surface area contributed by atoms with E-state index in [0.29, 0.717) is 5.56 Å². The molecule has 2 amide bonds. The van der Waals surface area contributed by atoms with Gasteiger partial charge in [0.25, 0.3) is 5.78 Å². The first-order valence-electron chi connectivity index (χ1n) is 8.30. The molecule has 26 heavy (non-hydrogen) atoms. The number of nitrogens with two attached hydrogens (primary N) is 1. The molecule has 0 heterocycles. The van der Waals surface area contributed by atoms with Crippen molar-refractivity contribution in [2.24, 2.45) is 5.73 Å². The molecule has 142 valence electrons. The molecule has 1 rings (SSSR count). The van der Waals surface area contributed by atoms with E-state index in [4.69, 9.17) is 10.5 Å². The van der Waals surface area contributed by atoms with Crippen molar-refractivity contribution in [2.45, 2.75) is 51.9 Å². The molecule has 0 aliphatic heterocycles. The van der Waals surface area contributed by atoms with Gasteiger partial charge in [-0.05, 0) is 12.5 Å². The van der Waals surface area contributed by atoms with E-state index in [2.05, 4.69) is 10.6 Å². The van der Waals surface area contributed by atoms with Gasteiger partial charge in [-0.3, -0.25) is 14.4 Å². The van der Waals surface area contributed by atoms with Crippen LogP contribution in [-0.4, -0.2) is 41.7 Å². The zero-order chi connectivity index (χ0) is 19.7. The van der Waals surface area contributed by atoms with Crippen molar-refractivity contribution in [1.29, 1.82) is 0 Å². The highest BCUT2D eigenvalue weighted by atomic mass is 16.5. The van der Waals surface area contributed by atoms with Crippen molar-refractivity contribution >= 4 is 23.6 Å². The third-order valence-electron chi connectivity index (χ3n) is 3.43. The molecule has 0 saturated carbocycles. The van der Waals surface area contributed by atoms with Crippen LogP contribution in [0.25, 0.3) is 0 Å². The number of primary amides is 1. The zero-order valence-corrected chi connectivity index (χ0v) is 15.2. The zero-order valence-electron chi connectivity index (χ0n) is 15.2. The van der Waals surface area contributed by atoms with Crippen LogP contribution in [0.1, 0.15) is 32.8 Å². The molecule has 0 aromatic heterocycles. The molecule has 2 atom stereocenters. The summed E-state index contributed by atoms with van der Waals surface area (Å²) in [5.41, 5.74) is 5.83. The van der Waals surface area contributed by atoms with Gasteiger partial charge in [-0.1, -0.05) is 44.2 Å². The monoisotopic (exact) mass is 363 g/mol. The van der Waals surface area contributed by atoms with Gasteiger partial charge in [0.15, 0.2) is 0 Å². The number of carbonyl (C=O) groups is 4. The first kappa shape index (κ1) is 21.3. The van der Waals surface area contributed by atoms with Gasteiger partial charge in [0.05, 0.1) is 12.5 Å². The molecule has 0 saturated heterocycles. The Kier molecular flexibility index (Phi) is 8.44. The number of amides is 2. The Balaban J connectivity index is 2.70. The summed E-state index contributed by atoms with van der Waals surface area (Å²) in [6, 6.07) is 6.88. The molecule has 0 aliphatic rings. The summed E-state index contributed by atoms with van der Waals surface area (Å²) in [6.45, 7) is 5.23. The van der Waals surface area contributed by atoms with Crippen LogP contribution in [0.4, 0.5) is 0 Å². The lowest BCUT2D eigenvalue weighted by Crippen LogP contribution is -2.52. The van der Waals surface area contributed by atoms with E-state index in [1.807, 2.05) is 13.8 Å². The number of Topliss-reactive ketones (excluding diaryl/α,β-unsaturated/α-hetero) is 1. The summed E-state index contributed by atoms with van der Waals surface area (Å²) in [6.07, 6.45) is -0.487. The molecule has 0 fully saturated rings. The van der Waals surface area contributed by atoms with Crippen LogP contribution in [0.15, 0.2) is 30.3 Å². The summed E-state index contributed by atoms with van der Waals surface area (Å²) < 4.78 is 4.95. The summed E-state index contributed by atoms with van der Waals surface area (Å²) >= 11 is 0. The van der Waals surface area contributed by atoms with E-state index in [1.165, 1.54) is 0 Å². The van der Waals surface area contributed by atoms with Gasteiger partial charge in [0.1, 0.15) is 12.6 Å². The molecule has 0 bridgehead atoms. The van der Waals surface area contributed by atoms with Crippen LogP contribution in [-0.2, 0) is 30.5 Å². The van der Waals surface area contributed by atoms with E-state index in [-0.39, 0.29) is 12.6 Å². The molecular formula is C18H25N3O5. The highest BCUT2D eigenvalue weighted by molar-refractivity contribution is 6.36. The van der Waals surface area contributed by atoms with Crippen molar-refractivity contribution in [3.63, 3.8) is 0 Å². The Hall–Kier alpha value is -2.74. The number of rotatable bonds is 10. The molecule has 0 spiro atoms. The second-order valence-corrected chi connectivity index (χ2v) is 6.20. The van der Waals surface area contributed by atoms with E-state index in [1.54, 1.807) is 37.3 Å². The molecule has 1 aromatic carbocycles. The lowest BCUT2D eigenvalue weighted by Gasteiger charge is -2.20. The van der Waals surface area contributed by atoms with Gasteiger partial charge >= 0.3 is 5.97 Å². The number of ketones is 1. The Bertz CT molecular complexity index is 645. The maximum absolute atomic E-state index is 12.3. The molecule has 1 aromatic rings. The lowest BCUT2D eigenvalue weighted by atomic mass is 10.1. The van der Waals surface area contributed by atoms with Crippen LogP contribution < -0.4 is 16.4 Å². The van der Waals surface area contributed by atoms with Crippen LogP contribution >= 0.6 is 0 Å². The minimum atomic E-state index is -1.36. The minimum absolute atomic E-state index is 0.0388. The lowest BCUT2D eigenvalue weighted by molar-refractivity contribution is -0.156. The van der Waals surface area contributed by atoms with Gasteiger partial charge in [0, 0.05) is 6.04 Å². The van der Waals surface area contributed by atoms with Crippen molar-refractivity contribution in [1.82, 2.24) is 10.6 Å². The molecule has 0 aliphatic carbocycles. The number of benzene rings is 1. The van der Waals surface area contributed by atoms with Crippen molar-refractivity contribution < 1.29 is 23.9 Å². The van der Waals surface area contributed by atoms with E-state index in [9.17, 15) is 19.2 Å². The van der Waals surface area contributed by atoms with E-state index in [0.717, 1.165) is 0 Å². The van der Waals surface area contributed by atoms with E-state index >= 15 is 0 Å². The molecule has 8 heteroatoms. The quantitative estimate of drug-likeness (QED) is 0.398. The van der Waals surface area contributed by atoms with Crippen LogP contribution in [0.5, 0.6) is 0 Å². The minimum Gasteiger partial charge on any atom is -0.455 e. The number of nitrogens with one attached hydrogen (secondary N) is 2. The Labute approximate surface area is 152 Å². The standard InChI is InChI=1S/C18H25N3O5/c1-11(2)20-12(3)17(24)21-14(9-15(19)22)16(23)18(25)26-10-13-7-5-4-6-8-13/h4-8,11-12,14,20H,9-10H2,1-3H3,(H2,19,22)(H,21,24)/t12-,14-/m0/s1. The Morgan fingerprint density at radius 3 is 2.23 bits per heavy atom. The first-order chi connectivity index (χ1) is 12.2. The fraction of sp³-hybridized carbons (Fsp3) is 0.444. The smallest absolute Gasteiger partial charge is 0.377 e. The first-order valence-corrected chi connectivity index (χ1v) is 8.30. The SMILES string of the molecule is CC(C)N[C@@H](C)C(=O)N[C@@H](CC(N)=O)C(=O)C(=O)OCc1ccccc1. The largest absolute Gasteiger partial charge is 0.455 e. The van der Waals surface area contributed by atoms with Gasteiger partial charge in [-0.15, -0.1) is 0 Å². The molecular weight excluding hydrogens is 338 g/mol. The second-order valence-electron chi connectivity index (χ2n) is 6.20. The van der Waals surface area contributed by atoms with Gasteiger partial charge < -0.3 is 21.1 Å². The number of ether oxygens (including phenoxy) is 1. The van der Waals surface area contributed by atoms with Crippen LogP contribution in [0, 0.1) is 0 Å². The number of hydrogen-bond donors (Lipinski definition) is 3. The van der Waals surface area contributed by atoms with Crippen LogP contribution in [0.2, 0.25) is 0 Å². The summed E-state index contributed by atoms with van der Waals surface area (Å²) in [7, 11) is 0. The third kappa shape index (κ3) is 7.43. The number of hydrogen-bond acceptors (Lipinski definition) is 6. The fourth-order valence-electron chi connectivity index (χ4n) is 2.22. The van der Waals surface area contributed by atoms with Crippen molar-refractivity contribution in [2.75, 3.05) is 0 Å². The maximum atomic E-state index is 12.3. The highest BCUT2D eigenvalue weighted by Crippen LogP contribution is 2.03. The maximum Gasteiger partial charge on any atom is 0.377 e. The summed E-state index contributed by atoms with van der Waals surface area (Å²) in [4.78, 5) is 47.6. The number of esters is 1. The summed E-state index contributed by atoms with van der Waals surface area (Å²) in [5.74, 6) is -3.49. The fourth-order valence-corrected chi connectivity index (χ4v) is 2.22. The van der Waals surface area contributed by atoms with Crippen LogP contribution in [0.3, 0.4) is 0 Å². The molecule has 8 nitrogen and oxygen atoms in total.